The minimum absolute atomic E-state index is 0.00440. The second-order valence-corrected chi connectivity index (χ2v) is 7.11. The second kappa shape index (κ2) is 8.01. The van der Waals surface area contributed by atoms with Crippen LogP contribution < -0.4 is 5.32 Å². The zero-order valence-electron chi connectivity index (χ0n) is 14.8. The van der Waals surface area contributed by atoms with E-state index in [0.717, 1.165) is 43.9 Å². The minimum atomic E-state index is -0.00440. The Hall–Kier alpha value is -2.18. The van der Waals surface area contributed by atoms with Crippen molar-refractivity contribution in [2.45, 2.75) is 32.0 Å². The van der Waals surface area contributed by atoms with E-state index in [0.29, 0.717) is 13.2 Å². The van der Waals surface area contributed by atoms with Gasteiger partial charge < -0.3 is 14.5 Å². The summed E-state index contributed by atoms with van der Waals surface area (Å²) >= 11 is 0. The highest BCUT2D eigenvalue weighted by Crippen LogP contribution is 2.33. The average molecular weight is 355 g/mol. The van der Waals surface area contributed by atoms with E-state index < -0.39 is 0 Å². The molecule has 6 heteroatoms. The molecule has 26 heavy (non-hydrogen) atoms. The Morgan fingerprint density at radius 1 is 1.27 bits per heavy atom. The summed E-state index contributed by atoms with van der Waals surface area (Å²) in [5.74, 6) is 1.12. The third-order valence-corrected chi connectivity index (χ3v) is 5.42. The smallest absolute Gasteiger partial charge is 0.224 e. The van der Waals surface area contributed by atoms with Gasteiger partial charge >= 0.3 is 0 Å². The lowest BCUT2D eigenvalue weighted by atomic mass is 9.79. The molecule has 0 unspecified atom stereocenters. The number of hydrogen-bond acceptors (Lipinski definition) is 5. The fourth-order valence-corrected chi connectivity index (χ4v) is 4.09. The Morgan fingerprint density at radius 3 is 3.04 bits per heavy atom. The van der Waals surface area contributed by atoms with E-state index in [4.69, 9.17) is 9.15 Å². The molecule has 0 spiro atoms. The topological polar surface area (TPSA) is 67.6 Å². The molecule has 138 valence electrons. The predicted molar refractivity (Wildman–Crippen MR) is 96.0 cm³/mol. The summed E-state index contributed by atoms with van der Waals surface area (Å²) < 4.78 is 11.3. The molecule has 2 saturated heterocycles. The number of carbonyl (C=O) groups excluding carboxylic acids is 1. The first-order valence-electron chi connectivity index (χ1n) is 9.33. The Labute approximate surface area is 153 Å². The van der Waals surface area contributed by atoms with Crippen LogP contribution in [0.2, 0.25) is 0 Å². The van der Waals surface area contributed by atoms with Crippen LogP contribution in [0.25, 0.3) is 0 Å². The van der Waals surface area contributed by atoms with E-state index in [1.165, 1.54) is 0 Å². The summed E-state index contributed by atoms with van der Waals surface area (Å²) in [6.45, 7) is 3.79. The maximum absolute atomic E-state index is 12.8. The molecule has 0 aromatic carbocycles. The summed E-state index contributed by atoms with van der Waals surface area (Å²) in [5.41, 5.74) is 1.07. The summed E-state index contributed by atoms with van der Waals surface area (Å²) in [6.07, 6.45) is 5.39. The van der Waals surface area contributed by atoms with Crippen molar-refractivity contribution in [1.82, 2.24) is 15.2 Å². The lowest BCUT2D eigenvalue weighted by Crippen LogP contribution is -2.53. The molecule has 2 aromatic heterocycles. The highest BCUT2D eigenvalue weighted by Gasteiger charge is 2.41. The molecule has 1 amide bonds. The number of aromatic nitrogens is 1. The first kappa shape index (κ1) is 17.2. The summed E-state index contributed by atoms with van der Waals surface area (Å²) in [5, 5.41) is 3.03. The van der Waals surface area contributed by atoms with Crippen LogP contribution in [0.15, 0.2) is 47.2 Å². The zero-order valence-corrected chi connectivity index (χ0v) is 14.8. The predicted octanol–water partition coefficient (Wildman–Crippen LogP) is 2.22. The lowest BCUT2D eigenvalue weighted by Gasteiger charge is -2.44. The summed E-state index contributed by atoms with van der Waals surface area (Å²) in [4.78, 5) is 19.6. The van der Waals surface area contributed by atoms with Gasteiger partial charge in [0.15, 0.2) is 0 Å². The number of hydrogen-bond donors (Lipinski definition) is 1. The number of furan rings is 1. The highest BCUT2D eigenvalue weighted by molar-refractivity contribution is 5.79. The van der Waals surface area contributed by atoms with Gasteiger partial charge in [0.1, 0.15) is 5.76 Å². The fraction of sp³-hybridized carbons (Fsp3) is 0.500. The molecule has 2 aromatic rings. The van der Waals surface area contributed by atoms with Crippen LogP contribution in [-0.4, -0.2) is 41.6 Å². The van der Waals surface area contributed by atoms with Gasteiger partial charge in [0.05, 0.1) is 24.6 Å². The van der Waals surface area contributed by atoms with Gasteiger partial charge in [-0.05, 0) is 37.1 Å². The Bertz CT molecular complexity index is 704. The van der Waals surface area contributed by atoms with Crippen molar-refractivity contribution in [2.75, 3.05) is 19.7 Å². The Balaban J connectivity index is 1.38. The Morgan fingerprint density at radius 2 is 2.23 bits per heavy atom. The average Bonchev–Trinajstić information content (AvgIpc) is 3.20. The number of carbonyl (C=O) groups is 1. The van der Waals surface area contributed by atoms with Gasteiger partial charge in [0, 0.05) is 44.3 Å². The SMILES string of the molecule is O=C(NCc1ccco1)[C@@H]1CCO[C@@H]2CCN(Cc3ccccn3)C[C@@H]21. The van der Waals surface area contributed by atoms with E-state index in [-0.39, 0.29) is 23.8 Å². The van der Waals surface area contributed by atoms with Gasteiger partial charge in [0.2, 0.25) is 5.91 Å². The van der Waals surface area contributed by atoms with Crippen molar-refractivity contribution >= 4 is 5.91 Å². The molecular weight excluding hydrogens is 330 g/mol. The van der Waals surface area contributed by atoms with E-state index in [1.807, 2.05) is 30.5 Å². The van der Waals surface area contributed by atoms with Crippen molar-refractivity contribution in [3.8, 4) is 0 Å². The third-order valence-electron chi connectivity index (χ3n) is 5.42. The molecule has 0 bridgehead atoms. The molecule has 0 saturated carbocycles. The van der Waals surface area contributed by atoms with Crippen molar-refractivity contribution in [3.63, 3.8) is 0 Å². The van der Waals surface area contributed by atoms with Crippen molar-refractivity contribution in [3.05, 3.63) is 54.2 Å². The maximum Gasteiger partial charge on any atom is 0.224 e. The number of piperidine rings is 1. The summed E-state index contributed by atoms with van der Waals surface area (Å²) in [7, 11) is 0. The molecule has 1 N–H and O–H groups in total. The fourth-order valence-electron chi connectivity index (χ4n) is 4.09. The highest BCUT2D eigenvalue weighted by atomic mass is 16.5. The monoisotopic (exact) mass is 355 g/mol. The Kier molecular flexibility index (Phi) is 5.32. The number of ether oxygens (including phenoxy) is 1. The van der Waals surface area contributed by atoms with E-state index in [2.05, 4.69) is 21.3 Å². The number of rotatable bonds is 5. The summed E-state index contributed by atoms with van der Waals surface area (Å²) in [6, 6.07) is 9.72. The molecule has 2 fully saturated rings. The molecule has 4 heterocycles. The number of nitrogens with one attached hydrogen (secondary N) is 1. The molecular formula is C20H25N3O3. The quantitative estimate of drug-likeness (QED) is 0.891. The van der Waals surface area contributed by atoms with Crippen LogP contribution in [0.4, 0.5) is 0 Å². The molecule has 2 aliphatic rings. The van der Waals surface area contributed by atoms with Crippen molar-refractivity contribution in [1.29, 1.82) is 0 Å². The van der Waals surface area contributed by atoms with Crippen LogP contribution in [0, 0.1) is 11.8 Å². The normalized spacial score (nSPS) is 26.2. The number of fused-ring (bicyclic) bond motifs is 1. The third kappa shape index (κ3) is 3.97. The van der Waals surface area contributed by atoms with Crippen LogP contribution >= 0.6 is 0 Å². The van der Waals surface area contributed by atoms with Gasteiger partial charge in [-0.3, -0.25) is 14.7 Å². The van der Waals surface area contributed by atoms with E-state index in [9.17, 15) is 4.79 Å². The first-order chi connectivity index (χ1) is 12.8. The van der Waals surface area contributed by atoms with E-state index >= 15 is 0 Å². The maximum atomic E-state index is 12.8. The van der Waals surface area contributed by atoms with Crippen LogP contribution in [0.5, 0.6) is 0 Å². The van der Waals surface area contributed by atoms with Gasteiger partial charge in [0.25, 0.3) is 0 Å². The van der Waals surface area contributed by atoms with Crippen LogP contribution in [0.3, 0.4) is 0 Å². The number of pyridine rings is 1. The zero-order chi connectivity index (χ0) is 17.8. The number of amides is 1. The van der Waals surface area contributed by atoms with Gasteiger partial charge in [-0.15, -0.1) is 0 Å². The van der Waals surface area contributed by atoms with Gasteiger partial charge in [-0.1, -0.05) is 6.07 Å². The van der Waals surface area contributed by atoms with Crippen molar-refractivity contribution < 1.29 is 13.9 Å². The first-order valence-corrected chi connectivity index (χ1v) is 9.33. The number of likely N-dealkylation sites (tertiary alicyclic amines) is 1. The second-order valence-electron chi connectivity index (χ2n) is 7.11. The van der Waals surface area contributed by atoms with Gasteiger partial charge in [-0.2, -0.15) is 0 Å². The molecule has 2 aliphatic heterocycles. The molecule has 0 radical (unpaired) electrons. The largest absolute Gasteiger partial charge is 0.467 e. The molecule has 4 rings (SSSR count). The standard InChI is InChI=1S/C20H25N3O3/c24-20(22-12-16-5-3-10-25-16)17-7-11-26-19-6-9-23(14-18(17)19)13-15-4-1-2-8-21-15/h1-5,8,10,17-19H,6-7,9,11-14H2,(H,22,24)/t17-,18-,19-/m1/s1. The molecule has 0 aliphatic carbocycles. The van der Waals surface area contributed by atoms with Gasteiger partial charge in [-0.25, -0.2) is 0 Å². The van der Waals surface area contributed by atoms with Crippen molar-refractivity contribution in [2.24, 2.45) is 11.8 Å². The van der Waals surface area contributed by atoms with Crippen LogP contribution in [0.1, 0.15) is 24.3 Å². The van der Waals surface area contributed by atoms with E-state index in [1.54, 1.807) is 6.26 Å². The minimum Gasteiger partial charge on any atom is -0.467 e. The van der Waals surface area contributed by atoms with Crippen LogP contribution in [-0.2, 0) is 22.6 Å². The molecule has 3 atom stereocenters. The molecule has 6 nitrogen and oxygen atoms in total. The lowest BCUT2D eigenvalue weighted by molar-refractivity contribution is -0.142. The number of nitrogens with zero attached hydrogens (tertiary/aromatic N) is 2.